The first-order valence-electron chi connectivity index (χ1n) is 20.5. The lowest BCUT2D eigenvalue weighted by atomic mass is 9.82. The molecular weight excluding hydrogens is 820 g/mol. The monoisotopic (exact) mass is 884 g/mol. The Bertz CT molecular complexity index is 1730. The van der Waals surface area contributed by atoms with Crippen LogP contribution in [0.25, 0.3) is 0 Å². The van der Waals surface area contributed by atoms with E-state index in [1.54, 1.807) is 4.90 Å². The van der Waals surface area contributed by atoms with Crippen molar-refractivity contribution in [3.8, 4) is 0 Å². The van der Waals surface area contributed by atoms with Gasteiger partial charge in [-0.25, -0.2) is 9.97 Å². The van der Waals surface area contributed by atoms with Crippen LogP contribution in [0.4, 0.5) is 11.6 Å². The van der Waals surface area contributed by atoms with E-state index in [0.29, 0.717) is 38.8 Å². The van der Waals surface area contributed by atoms with Gasteiger partial charge in [-0.15, -0.1) is 0 Å². The lowest BCUT2D eigenvalue weighted by Gasteiger charge is -2.32. The summed E-state index contributed by atoms with van der Waals surface area (Å²) in [5, 5.41) is 94.8. The molecule has 19 N–H and O–H groups in total. The molecule has 61 heavy (non-hydrogen) atoms. The Labute approximate surface area is 359 Å². The Morgan fingerprint density at radius 1 is 0.803 bits per heavy atom. The zero-order valence-corrected chi connectivity index (χ0v) is 35.1. The van der Waals surface area contributed by atoms with E-state index in [-0.39, 0.29) is 54.5 Å². The quantitative estimate of drug-likeness (QED) is 0.0232. The number of carbonyl (C=O) groups is 2. The minimum atomic E-state index is -1.85. The number of aryl methyl sites for hydroxylation is 2. The third-order valence-corrected chi connectivity index (χ3v) is 11.0. The third kappa shape index (κ3) is 16.4. The van der Waals surface area contributed by atoms with Crippen molar-refractivity contribution >= 4 is 41.0 Å². The van der Waals surface area contributed by atoms with Gasteiger partial charge in [-0.05, 0) is 99.6 Å². The molecule has 8 atom stereocenters. The lowest BCUT2D eigenvalue weighted by molar-refractivity contribution is -0.121. The molecular formula is C39H65ClN10O11. The Balaban J connectivity index is 1.55. The van der Waals surface area contributed by atoms with E-state index in [2.05, 4.69) is 37.7 Å². The number of rotatable bonds is 27. The number of primary amides is 1. The number of nitrogen functional groups attached to an aromatic ring is 2. The van der Waals surface area contributed by atoms with E-state index in [1.807, 2.05) is 0 Å². The maximum absolute atomic E-state index is 12.5. The van der Waals surface area contributed by atoms with Crippen molar-refractivity contribution in [1.29, 1.82) is 0 Å². The van der Waals surface area contributed by atoms with Crippen LogP contribution in [0.1, 0.15) is 77.7 Å². The van der Waals surface area contributed by atoms with Crippen molar-refractivity contribution in [3.63, 3.8) is 0 Å². The van der Waals surface area contributed by atoms with Crippen LogP contribution in [-0.4, -0.2) is 173 Å². The van der Waals surface area contributed by atoms with Crippen LogP contribution in [0, 0.1) is 0 Å². The molecule has 2 amide bonds. The molecule has 0 saturated carbocycles. The summed E-state index contributed by atoms with van der Waals surface area (Å²) < 4.78 is 0. The number of aliphatic hydroxyl groups is 9. The predicted molar refractivity (Wildman–Crippen MR) is 227 cm³/mol. The maximum atomic E-state index is 12.5. The molecule has 1 aliphatic carbocycles. The van der Waals surface area contributed by atoms with Gasteiger partial charge in [0.1, 0.15) is 24.4 Å². The van der Waals surface area contributed by atoms with Crippen molar-refractivity contribution in [2.24, 2.45) is 16.5 Å². The highest BCUT2D eigenvalue weighted by atomic mass is 35.5. The van der Waals surface area contributed by atoms with Crippen molar-refractivity contribution in [3.05, 3.63) is 45.2 Å². The lowest BCUT2D eigenvalue weighted by Crippen LogP contribution is -2.51. The van der Waals surface area contributed by atoms with Crippen molar-refractivity contribution in [1.82, 2.24) is 25.5 Å². The minimum absolute atomic E-state index is 0.0954. The average molecular weight is 885 g/mol. The van der Waals surface area contributed by atoms with Crippen LogP contribution in [0.3, 0.4) is 0 Å². The van der Waals surface area contributed by atoms with E-state index in [4.69, 9.17) is 44.7 Å². The van der Waals surface area contributed by atoms with E-state index in [1.165, 1.54) is 16.7 Å². The van der Waals surface area contributed by atoms with Gasteiger partial charge in [-0.3, -0.25) is 24.8 Å². The maximum Gasteiger partial charge on any atom is 0.280 e. The number of carbonyl (C=O) groups excluding carboxylic acids is 2. The fourth-order valence-corrected chi connectivity index (χ4v) is 7.41. The number of hydrogen-bond donors (Lipinski definition) is 15. The molecule has 1 aromatic heterocycles. The summed E-state index contributed by atoms with van der Waals surface area (Å²) in [6.45, 7) is -1.12. The van der Waals surface area contributed by atoms with Crippen molar-refractivity contribution < 1.29 is 55.5 Å². The van der Waals surface area contributed by atoms with Gasteiger partial charge in [-0.2, -0.15) is 0 Å². The topological polar surface area (TPSA) is 386 Å². The van der Waals surface area contributed by atoms with Gasteiger partial charge in [0.05, 0.1) is 37.6 Å². The number of amides is 2. The standard InChI is InChI=1S/C39H65ClN10O11/c40-34-36(42)48-35(41)31(47-34)38(61)49-39(44)46-13-4-3-6-21-9-10-22(25-8-2-1-7-24(21)25)11-12-26(37(43)60)45-14-5-15-50(17-23(53)16-27(54)29(56)19-51)18-28(55)32(58)33(59)30(57)20-52/h9-10,23,26-30,32-33,45,51-59H,1-8,11-20H2,(H2,43,60)(H4,41,42,48)(H3,44,46,49,61)/t23-,26+,27+,28+,29-,30-,32-,33-/m1/s1. The highest BCUT2D eigenvalue weighted by Crippen LogP contribution is 2.30. The Hall–Kier alpha value is -3.84. The first-order valence-corrected chi connectivity index (χ1v) is 20.9. The normalized spacial score (nSPS) is 17.2. The van der Waals surface area contributed by atoms with Crippen LogP contribution in [-0.2, 0) is 30.5 Å². The molecule has 0 bridgehead atoms. The molecule has 1 aliphatic rings. The molecule has 0 aliphatic heterocycles. The summed E-state index contributed by atoms with van der Waals surface area (Å²) in [6, 6.07) is 3.58. The van der Waals surface area contributed by atoms with Gasteiger partial charge in [0.15, 0.2) is 28.4 Å². The summed E-state index contributed by atoms with van der Waals surface area (Å²) >= 11 is 5.86. The molecule has 0 unspecified atom stereocenters. The smallest absolute Gasteiger partial charge is 0.280 e. The number of nitrogens with one attached hydrogen (secondary N) is 2. The molecule has 21 nitrogen and oxygen atoms in total. The number of fused-ring (bicyclic) bond motifs is 1. The van der Waals surface area contributed by atoms with Gasteiger partial charge in [0.2, 0.25) is 5.91 Å². The van der Waals surface area contributed by atoms with Gasteiger partial charge in [0, 0.05) is 26.1 Å². The number of aromatic nitrogens is 2. The summed E-state index contributed by atoms with van der Waals surface area (Å²) in [4.78, 5) is 38.4. The molecule has 344 valence electrons. The fourth-order valence-electron chi connectivity index (χ4n) is 7.28. The summed E-state index contributed by atoms with van der Waals surface area (Å²) in [5.74, 6) is -1.62. The summed E-state index contributed by atoms with van der Waals surface area (Å²) in [6.07, 6.45) is -3.65. The minimum Gasteiger partial charge on any atom is -0.394 e. The molecule has 1 heterocycles. The molecule has 3 rings (SSSR count). The third-order valence-electron chi connectivity index (χ3n) is 10.7. The van der Waals surface area contributed by atoms with Crippen LogP contribution in [0.5, 0.6) is 0 Å². The second-order valence-electron chi connectivity index (χ2n) is 15.4. The molecule has 0 fully saturated rings. The van der Waals surface area contributed by atoms with Gasteiger partial charge in [0.25, 0.3) is 5.91 Å². The van der Waals surface area contributed by atoms with E-state index in [0.717, 1.165) is 44.1 Å². The molecule has 22 heteroatoms. The molecule has 0 spiro atoms. The zero-order chi connectivity index (χ0) is 45.2. The first kappa shape index (κ1) is 51.5. The highest BCUT2D eigenvalue weighted by molar-refractivity contribution is 6.31. The average Bonchev–Trinajstić information content (AvgIpc) is 3.23. The number of aliphatic imine (C=N–C) groups is 1. The number of unbranched alkanes of at least 4 members (excludes halogenated alkanes) is 1. The van der Waals surface area contributed by atoms with E-state index in [9.17, 15) is 45.3 Å². The number of nitrogens with two attached hydrogens (primary N) is 4. The van der Waals surface area contributed by atoms with Gasteiger partial charge >= 0.3 is 0 Å². The van der Waals surface area contributed by atoms with Crippen molar-refractivity contribution in [2.75, 3.05) is 57.4 Å². The number of guanidine groups is 1. The number of benzene rings is 1. The van der Waals surface area contributed by atoms with Crippen molar-refractivity contribution in [2.45, 2.75) is 119 Å². The van der Waals surface area contributed by atoms with Crippen LogP contribution in [0.2, 0.25) is 5.15 Å². The van der Waals surface area contributed by atoms with Crippen LogP contribution in [0.15, 0.2) is 17.1 Å². The Morgan fingerprint density at radius 2 is 1.43 bits per heavy atom. The molecule has 1 aromatic carbocycles. The van der Waals surface area contributed by atoms with Crippen LogP contribution >= 0.6 is 11.6 Å². The first-order chi connectivity index (χ1) is 29.0. The summed E-state index contributed by atoms with van der Waals surface area (Å²) in [7, 11) is 0. The predicted octanol–water partition coefficient (Wildman–Crippen LogP) is -3.79. The summed E-state index contributed by atoms with van der Waals surface area (Å²) in [5.41, 5.74) is 27.8. The Kier molecular flexibility index (Phi) is 21.9. The highest BCUT2D eigenvalue weighted by Gasteiger charge is 2.32. The van der Waals surface area contributed by atoms with E-state index < -0.39 is 73.8 Å². The molecule has 0 saturated heterocycles. The number of aliphatic hydroxyl groups excluding tert-OH is 9. The van der Waals surface area contributed by atoms with E-state index >= 15 is 0 Å². The van der Waals surface area contributed by atoms with Gasteiger partial charge in [-0.1, -0.05) is 23.7 Å². The zero-order valence-electron chi connectivity index (χ0n) is 34.3. The Morgan fingerprint density at radius 3 is 2.05 bits per heavy atom. The fraction of sp³-hybridized carbons (Fsp3) is 0.667. The molecule has 2 aromatic rings. The number of hydrogen-bond acceptors (Lipinski definition) is 18. The molecule has 0 radical (unpaired) electrons. The SMILES string of the molecule is NC(=O)[C@H](CCc1ccc(CCCCN=C(N)NC(=O)c2nc(Cl)c(N)nc2N)c2c1CCCC2)NCCCN(C[C@H](O)C[C@H](O)[C@H](O)CO)C[C@H](O)[C@@H](O)[C@H](O)[C@H](O)CO. The number of halogens is 1. The largest absolute Gasteiger partial charge is 0.394 e. The second kappa shape index (κ2) is 25.9. The number of nitrogens with zero attached hydrogens (tertiary/aromatic N) is 4. The second-order valence-corrected chi connectivity index (χ2v) is 15.8. The van der Waals surface area contributed by atoms with Gasteiger partial charge < -0.3 is 74.2 Å². The number of anilines is 2. The van der Waals surface area contributed by atoms with Crippen LogP contribution < -0.4 is 33.6 Å².